The van der Waals surface area contributed by atoms with Gasteiger partial charge in [0.05, 0.1) is 0 Å². The fraction of sp³-hybridized carbons (Fsp3) is 0.385. The van der Waals surface area contributed by atoms with Crippen molar-refractivity contribution in [1.82, 2.24) is 10.6 Å². The van der Waals surface area contributed by atoms with Crippen LogP contribution in [0.25, 0.3) is 0 Å². The molecule has 0 spiro atoms. The number of methoxy groups -OCH3 is 1. The van der Waals surface area contributed by atoms with Gasteiger partial charge >= 0.3 is 6.03 Å². The Morgan fingerprint density at radius 2 is 2.11 bits per heavy atom. The first-order valence-electron chi connectivity index (χ1n) is 6.03. The minimum absolute atomic E-state index is 0.191. The minimum atomic E-state index is -0.301. The van der Waals surface area contributed by atoms with Crippen molar-refractivity contribution in [1.29, 1.82) is 0 Å². The van der Waals surface area contributed by atoms with Crippen molar-refractivity contribution in [2.75, 3.05) is 32.6 Å². The zero-order valence-electron chi connectivity index (χ0n) is 11.2. The lowest BCUT2D eigenvalue weighted by Gasteiger charge is -2.08. The number of amides is 3. The molecule has 3 N–H and O–H groups in total. The van der Waals surface area contributed by atoms with Crippen LogP contribution in [0.5, 0.6) is 0 Å². The van der Waals surface area contributed by atoms with Gasteiger partial charge in [0.2, 0.25) is 0 Å². The number of hydrogen-bond acceptors (Lipinski definition) is 3. The maximum Gasteiger partial charge on any atom is 0.319 e. The Hall–Kier alpha value is -2.08. The number of rotatable bonds is 6. The van der Waals surface area contributed by atoms with Gasteiger partial charge in [-0.2, -0.15) is 0 Å². The number of hydrogen-bond donors (Lipinski definition) is 3. The van der Waals surface area contributed by atoms with Gasteiger partial charge in [-0.25, -0.2) is 4.79 Å². The third-order valence-corrected chi connectivity index (χ3v) is 2.42. The third-order valence-electron chi connectivity index (χ3n) is 2.42. The topological polar surface area (TPSA) is 79.5 Å². The number of carbonyl (C=O) groups is 2. The van der Waals surface area contributed by atoms with Gasteiger partial charge < -0.3 is 20.7 Å². The number of carbonyl (C=O) groups excluding carboxylic acids is 2. The van der Waals surface area contributed by atoms with Crippen molar-refractivity contribution in [2.24, 2.45) is 0 Å². The normalized spacial score (nSPS) is 9.79. The Labute approximate surface area is 112 Å². The molecule has 1 aromatic carbocycles. The van der Waals surface area contributed by atoms with Gasteiger partial charge in [-0.1, -0.05) is 6.07 Å². The molecule has 0 unspecified atom stereocenters. The lowest BCUT2D eigenvalue weighted by Crippen LogP contribution is -2.30. The van der Waals surface area contributed by atoms with Crippen molar-refractivity contribution in [3.05, 3.63) is 29.8 Å². The second kappa shape index (κ2) is 8.10. The lowest BCUT2D eigenvalue weighted by atomic mass is 10.2. The smallest absolute Gasteiger partial charge is 0.319 e. The molecule has 0 aromatic heterocycles. The summed E-state index contributed by atoms with van der Waals surface area (Å²) < 4.78 is 4.88. The standard InChI is InChI=1S/C13H19N3O3/c1-14-12(17)10-5-3-6-11(9-10)16-13(18)15-7-4-8-19-2/h3,5-6,9H,4,7-8H2,1-2H3,(H,14,17)(H2,15,16,18). The molecule has 0 atom stereocenters. The summed E-state index contributed by atoms with van der Waals surface area (Å²) in [5, 5.41) is 7.89. The number of urea groups is 1. The zero-order valence-corrected chi connectivity index (χ0v) is 11.2. The maximum atomic E-state index is 11.6. The molecule has 1 rings (SSSR count). The molecule has 1 aromatic rings. The summed E-state index contributed by atoms with van der Waals surface area (Å²) in [6.45, 7) is 1.14. The highest BCUT2D eigenvalue weighted by Crippen LogP contribution is 2.10. The summed E-state index contributed by atoms with van der Waals surface area (Å²) in [4.78, 5) is 23.0. The Balaban J connectivity index is 2.48. The first-order valence-corrected chi connectivity index (χ1v) is 6.03. The monoisotopic (exact) mass is 265 g/mol. The van der Waals surface area contributed by atoms with Gasteiger partial charge in [-0.3, -0.25) is 4.79 Å². The minimum Gasteiger partial charge on any atom is -0.385 e. The van der Waals surface area contributed by atoms with E-state index >= 15 is 0 Å². The lowest BCUT2D eigenvalue weighted by molar-refractivity contribution is 0.0963. The predicted octanol–water partition coefficient (Wildman–Crippen LogP) is 1.20. The van der Waals surface area contributed by atoms with E-state index in [0.29, 0.717) is 24.4 Å². The maximum absolute atomic E-state index is 11.6. The van der Waals surface area contributed by atoms with Crippen LogP contribution >= 0.6 is 0 Å². The number of nitrogens with one attached hydrogen (secondary N) is 3. The fourth-order valence-corrected chi connectivity index (χ4v) is 1.48. The predicted molar refractivity (Wildman–Crippen MR) is 73.3 cm³/mol. The summed E-state index contributed by atoms with van der Waals surface area (Å²) in [6, 6.07) is 6.44. The second-order valence-corrected chi connectivity index (χ2v) is 3.89. The summed E-state index contributed by atoms with van der Waals surface area (Å²) >= 11 is 0. The molecule has 0 saturated heterocycles. The molecule has 0 fully saturated rings. The molecule has 6 nitrogen and oxygen atoms in total. The SMILES string of the molecule is CNC(=O)c1cccc(NC(=O)NCCCOC)c1. The van der Waals surface area contributed by atoms with E-state index in [2.05, 4.69) is 16.0 Å². The molecule has 0 heterocycles. The summed E-state index contributed by atoms with van der Waals surface area (Å²) in [5.74, 6) is -0.191. The Kier molecular flexibility index (Phi) is 6.38. The Bertz CT molecular complexity index is 435. The van der Waals surface area contributed by atoms with Crippen LogP contribution in [-0.4, -0.2) is 39.2 Å². The molecular formula is C13H19N3O3. The van der Waals surface area contributed by atoms with Crippen molar-refractivity contribution < 1.29 is 14.3 Å². The van der Waals surface area contributed by atoms with Gasteiger partial charge in [0, 0.05) is 38.6 Å². The van der Waals surface area contributed by atoms with Gasteiger partial charge in [-0.05, 0) is 24.6 Å². The van der Waals surface area contributed by atoms with Gasteiger partial charge in [0.1, 0.15) is 0 Å². The summed E-state index contributed by atoms with van der Waals surface area (Å²) in [5.41, 5.74) is 1.07. The molecule has 0 saturated carbocycles. The van der Waals surface area contributed by atoms with Crippen molar-refractivity contribution in [3.8, 4) is 0 Å². The van der Waals surface area contributed by atoms with E-state index in [1.165, 1.54) is 0 Å². The van der Waals surface area contributed by atoms with Crippen LogP contribution in [0, 0.1) is 0 Å². The second-order valence-electron chi connectivity index (χ2n) is 3.89. The Morgan fingerprint density at radius 1 is 1.32 bits per heavy atom. The first-order chi connectivity index (χ1) is 9.17. The Morgan fingerprint density at radius 3 is 2.79 bits per heavy atom. The number of benzene rings is 1. The van der Waals surface area contributed by atoms with E-state index in [4.69, 9.17) is 4.74 Å². The fourth-order valence-electron chi connectivity index (χ4n) is 1.48. The summed E-state index contributed by atoms with van der Waals surface area (Å²) in [7, 11) is 3.18. The molecule has 6 heteroatoms. The van der Waals surface area contributed by atoms with Gasteiger partial charge in [0.25, 0.3) is 5.91 Å². The molecule has 0 aliphatic rings. The highest BCUT2D eigenvalue weighted by atomic mass is 16.5. The molecule has 19 heavy (non-hydrogen) atoms. The van der Waals surface area contributed by atoms with E-state index in [-0.39, 0.29) is 11.9 Å². The van der Waals surface area contributed by atoms with Crippen LogP contribution < -0.4 is 16.0 Å². The van der Waals surface area contributed by atoms with Crippen LogP contribution in [-0.2, 0) is 4.74 Å². The number of anilines is 1. The van der Waals surface area contributed by atoms with E-state index in [0.717, 1.165) is 6.42 Å². The third kappa shape index (κ3) is 5.39. The van der Waals surface area contributed by atoms with E-state index < -0.39 is 0 Å². The average molecular weight is 265 g/mol. The van der Waals surface area contributed by atoms with Crippen molar-refractivity contribution >= 4 is 17.6 Å². The summed E-state index contributed by atoms with van der Waals surface area (Å²) in [6.07, 6.45) is 0.752. The quantitative estimate of drug-likeness (QED) is 0.676. The van der Waals surface area contributed by atoms with Crippen LogP contribution in [0.3, 0.4) is 0 Å². The van der Waals surface area contributed by atoms with Crippen LogP contribution in [0.4, 0.5) is 10.5 Å². The van der Waals surface area contributed by atoms with E-state index in [1.54, 1.807) is 38.4 Å². The van der Waals surface area contributed by atoms with E-state index in [1.807, 2.05) is 0 Å². The van der Waals surface area contributed by atoms with Crippen LogP contribution in [0.2, 0.25) is 0 Å². The van der Waals surface area contributed by atoms with Crippen molar-refractivity contribution in [2.45, 2.75) is 6.42 Å². The molecular weight excluding hydrogens is 246 g/mol. The molecule has 104 valence electrons. The molecule has 0 aliphatic carbocycles. The first kappa shape index (κ1) is 15.0. The largest absolute Gasteiger partial charge is 0.385 e. The molecule has 3 amide bonds. The van der Waals surface area contributed by atoms with Crippen LogP contribution in [0.15, 0.2) is 24.3 Å². The van der Waals surface area contributed by atoms with E-state index in [9.17, 15) is 9.59 Å². The average Bonchev–Trinajstić information content (AvgIpc) is 2.43. The highest BCUT2D eigenvalue weighted by Gasteiger charge is 2.05. The van der Waals surface area contributed by atoms with Crippen LogP contribution in [0.1, 0.15) is 16.8 Å². The van der Waals surface area contributed by atoms with Gasteiger partial charge in [0.15, 0.2) is 0 Å². The molecule has 0 bridgehead atoms. The van der Waals surface area contributed by atoms with Gasteiger partial charge in [-0.15, -0.1) is 0 Å². The van der Waals surface area contributed by atoms with Crippen molar-refractivity contribution in [3.63, 3.8) is 0 Å². The number of ether oxygens (including phenoxy) is 1. The molecule has 0 radical (unpaired) electrons. The highest BCUT2D eigenvalue weighted by molar-refractivity contribution is 5.96. The zero-order chi connectivity index (χ0) is 14.1. The molecule has 0 aliphatic heterocycles.